The number of nitrogens with one attached hydrogen (secondary N) is 1. The highest BCUT2D eigenvalue weighted by Crippen LogP contribution is 2.30. The summed E-state index contributed by atoms with van der Waals surface area (Å²) in [5.74, 6) is 0.320. The highest BCUT2D eigenvalue weighted by atomic mass is 35.5. The lowest BCUT2D eigenvalue weighted by Gasteiger charge is -2.20. The van der Waals surface area contributed by atoms with E-state index in [0.717, 1.165) is 39.9 Å². The number of carbonyl (C=O) groups is 1. The summed E-state index contributed by atoms with van der Waals surface area (Å²) >= 11 is 5.98. The van der Waals surface area contributed by atoms with Gasteiger partial charge in [0.2, 0.25) is 0 Å². The summed E-state index contributed by atoms with van der Waals surface area (Å²) in [6.07, 6.45) is 2.43. The predicted molar refractivity (Wildman–Crippen MR) is 126 cm³/mol. The van der Waals surface area contributed by atoms with Crippen LogP contribution in [0.1, 0.15) is 61.2 Å². The first-order valence-electron chi connectivity index (χ1n) is 10.6. The number of anilines is 1. The molecule has 0 radical (unpaired) electrons. The third-order valence-corrected chi connectivity index (χ3v) is 5.20. The van der Waals surface area contributed by atoms with Crippen molar-refractivity contribution in [3.8, 4) is 0 Å². The van der Waals surface area contributed by atoms with Gasteiger partial charge in [0.15, 0.2) is 11.3 Å². The zero-order valence-electron chi connectivity index (χ0n) is 19.1. The van der Waals surface area contributed by atoms with E-state index in [1.54, 1.807) is 18.5 Å². The Kier molecular flexibility index (Phi) is 7.25. The minimum atomic E-state index is -0.558. The van der Waals surface area contributed by atoms with E-state index >= 15 is 0 Å². The largest absolute Gasteiger partial charge is 0.464 e. The number of nitrogens with zero attached hydrogens (tertiary/aromatic N) is 5. The highest BCUT2D eigenvalue weighted by molar-refractivity contribution is 6.29. The van der Waals surface area contributed by atoms with E-state index in [0.29, 0.717) is 5.69 Å². The molecule has 0 aliphatic heterocycles. The molecule has 1 unspecified atom stereocenters. The van der Waals surface area contributed by atoms with E-state index in [2.05, 4.69) is 32.6 Å². The van der Waals surface area contributed by atoms with Crippen LogP contribution in [0.15, 0.2) is 30.6 Å². The molecule has 0 spiro atoms. The quantitative estimate of drug-likeness (QED) is 0.328. The Morgan fingerprint density at radius 2 is 2.00 bits per heavy atom. The Bertz CT molecular complexity index is 1270. The Labute approximate surface area is 192 Å². The number of aromatic nitrogens is 5. The van der Waals surface area contributed by atoms with Crippen molar-refractivity contribution in [1.82, 2.24) is 24.6 Å². The van der Waals surface area contributed by atoms with Gasteiger partial charge in [0, 0.05) is 17.4 Å². The summed E-state index contributed by atoms with van der Waals surface area (Å²) in [5.41, 5.74) is 4.35. The molecule has 1 aromatic carbocycles. The van der Waals surface area contributed by atoms with Gasteiger partial charge < -0.3 is 10.1 Å². The molecule has 9 heteroatoms. The van der Waals surface area contributed by atoms with Gasteiger partial charge in [-0.1, -0.05) is 38.4 Å². The SMILES string of the molecule is CC.CCc1nc2c(C(C)Nc3ccc(Cl)nc3C(=O)OC)cc(C)cc2c2nncn12. The van der Waals surface area contributed by atoms with Gasteiger partial charge >= 0.3 is 5.97 Å². The molecule has 168 valence electrons. The molecule has 4 rings (SSSR count). The second-order valence-corrected chi connectivity index (χ2v) is 7.43. The third-order valence-electron chi connectivity index (χ3n) is 4.99. The van der Waals surface area contributed by atoms with Crippen molar-refractivity contribution >= 4 is 39.8 Å². The molecule has 0 aliphatic carbocycles. The molecule has 0 amide bonds. The Hall–Kier alpha value is -3.26. The standard InChI is InChI=1S/C21H21ClN6O2.C2H6/c1-5-17-26-18-13(8-11(2)9-14(18)20-27-23-10-28(17)20)12(3)24-15-6-7-16(22)25-19(15)21(29)30-4;1-2/h6-10,12,24H,5H2,1-4H3;1-2H3. The number of benzene rings is 1. The zero-order chi connectivity index (χ0) is 23.4. The minimum Gasteiger partial charge on any atom is -0.464 e. The van der Waals surface area contributed by atoms with Crippen LogP contribution in [0.3, 0.4) is 0 Å². The number of aryl methyl sites for hydroxylation is 2. The maximum atomic E-state index is 12.2. The van der Waals surface area contributed by atoms with Crippen molar-refractivity contribution in [2.24, 2.45) is 0 Å². The first-order valence-corrected chi connectivity index (χ1v) is 10.9. The minimum absolute atomic E-state index is 0.135. The van der Waals surface area contributed by atoms with E-state index in [9.17, 15) is 4.79 Å². The maximum Gasteiger partial charge on any atom is 0.358 e. The molecular formula is C23H27ClN6O2. The van der Waals surface area contributed by atoms with Crippen molar-refractivity contribution in [2.75, 3.05) is 12.4 Å². The Morgan fingerprint density at radius 1 is 1.25 bits per heavy atom. The van der Waals surface area contributed by atoms with Gasteiger partial charge in [0.25, 0.3) is 0 Å². The molecule has 0 saturated heterocycles. The number of carbonyl (C=O) groups excluding carboxylic acids is 1. The number of rotatable bonds is 5. The fraction of sp³-hybridized carbons (Fsp3) is 0.348. The van der Waals surface area contributed by atoms with Crippen LogP contribution in [-0.2, 0) is 11.2 Å². The molecule has 0 fully saturated rings. The summed E-state index contributed by atoms with van der Waals surface area (Å²) < 4.78 is 6.77. The van der Waals surface area contributed by atoms with Crippen molar-refractivity contribution in [2.45, 2.75) is 47.1 Å². The van der Waals surface area contributed by atoms with Gasteiger partial charge in [0.1, 0.15) is 17.3 Å². The molecule has 0 aliphatic rings. The lowest BCUT2D eigenvalue weighted by Crippen LogP contribution is -2.14. The molecule has 8 nitrogen and oxygen atoms in total. The summed E-state index contributed by atoms with van der Waals surface area (Å²) in [6, 6.07) is 7.32. The van der Waals surface area contributed by atoms with Gasteiger partial charge in [-0.25, -0.2) is 14.8 Å². The summed E-state index contributed by atoms with van der Waals surface area (Å²) in [5, 5.41) is 12.9. The van der Waals surface area contributed by atoms with E-state index in [-0.39, 0.29) is 16.9 Å². The van der Waals surface area contributed by atoms with Crippen molar-refractivity contribution in [3.63, 3.8) is 0 Å². The van der Waals surface area contributed by atoms with Crippen molar-refractivity contribution in [3.05, 3.63) is 58.4 Å². The van der Waals surface area contributed by atoms with E-state index < -0.39 is 5.97 Å². The van der Waals surface area contributed by atoms with Gasteiger partial charge in [-0.3, -0.25) is 4.40 Å². The van der Waals surface area contributed by atoms with E-state index in [1.165, 1.54) is 7.11 Å². The number of pyridine rings is 1. The van der Waals surface area contributed by atoms with Crippen molar-refractivity contribution < 1.29 is 9.53 Å². The lowest BCUT2D eigenvalue weighted by atomic mass is 10.0. The number of esters is 1. The predicted octanol–water partition coefficient (Wildman–Crippen LogP) is 5.18. The van der Waals surface area contributed by atoms with Crippen LogP contribution >= 0.6 is 11.6 Å². The Balaban J connectivity index is 0.00000141. The Morgan fingerprint density at radius 3 is 2.69 bits per heavy atom. The van der Waals surface area contributed by atoms with Crippen molar-refractivity contribution in [1.29, 1.82) is 0 Å². The second kappa shape index (κ2) is 9.91. The topological polar surface area (TPSA) is 94.3 Å². The van der Waals surface area contributed by atoms with Crippen LogP contribution in [-0.4, -0.2) is 37.6 Å². The lowest BCUT2D eigenvalue weighted by molar-refractivity contribution is 0.0595. The molecule has 3 aromatic heterocycles. The monoisotopic (exact) mass is 454 g/mol. The summed E-state index contributed by atoms with van der Waals surface area (Å²) in [7, 11) is 1.31. The van der Waals surface area contributed by atoms with Gasteiger partial charge in [-0.15, -0.1) is 10.2 Å². The summed E-state index contributed by atoms with van der Waals surface area (Å²) in [6.45, 7) is 10.1. The van der Waals surface area contributed by atoms with Crippen LogP contribution in [0.5, 0.6) is 0 Å². The number of fused-ring (bicyclic) bond motifs is 3. The van der Waals surface area contributed by atoms with Crippen LogP contribution in [0.2, 0.25) is 5.15 Å². The number of methoxy groups -OCH3 is 1. The maximum absolute atomic E-state index is 12.2. The fourth-order valence-electron chi connectivity index (χ4n) is 3.59. The smallest absolute Gasteiger partial charge is 0.358 e. The van der Waals surface area contributed by atoms with Gasteiger partial charge in [0.05, 0.1) is 24.4 Å². The molecule has 0 bridgehead atoms. The normalized spacial score (nSPS) is 11.7. The van der Waals surface area contributed by atoms with E-state index in [4.69, 9.17) is 21.3 Å². The first-order chi connectivity index (χ1) is 15.4. The van der Waals surface area contributed by atoms with Gasteiger partial charge in [-0.05, 0) is 37.6 Å². The van der Waals surface area contributed by atoms with Crippen LogP contribution < -0.4 is 5.32 Å². The van der Waals surface area contributed by atoms with Crippen LogP contribution in [0.25, 0.3) is 16.6 Å². The fourth-order valence-corrected chi connectivity index (χ4v) is 3.73. The average molecular weight is 455 g/mol. The first kappa shape index (κ1) is 23.4. The van der Waals surface area contributed by atoms with Gasteiger partial charge in [-0.2, -0.15) is 0 Å². The molecule has 1 N–H and O–H groups in total. The summed E-state index contributed by atoms with van der Waals surface area (Å²) in [4.78, 5) is 21.2. The molecule has 0 saturated carbocycles. The molecular weight excluding hydrogens is 428 g/mol. The highest BCUT2D eigenvalue weighted by Gasteiger charge is 2.20. The molecule has 1 atom stereocenters. The molecule has 3 heterocycles. The van der Waals surface area contributed by atoms with Crippen LogP contribution in [0.4, 0.5) is 5.69 Å². The van der Waals surface area contributed by atoms with Crippen LogP contribution in [0, 0.1) is 6.92 Å². The van der Waals surface area contributed by atoms with E-state index in [1.807, 2.05) is 39.0 Å². The third kappa shape index (κ3) is 4.36. The zero-order valence-corrected chi connectivity index (χ0v) is 19.9. The second-order valence-electron chi connectivity index (χ2n) is 7.04. The molecule has 32 heavy (non-hydrogen) atoms. The number of hydrogen-bond acceptors (Lipinski definition) is 7. The number of hydrogen-bond donors (Lipinski definition) is 1. The average Bonchev–Trinajstić information content (AvgIpc) is 3.30. The molecule has 4 aromatic rings. The number of halogens is 1. The number of ether oxygens (including phenoxy) is 1.